The normalized spacial score (nSPS) is 14.5. The van der Waals surface area contributed by atoms with E-state index in [0.29, 0.717) is 41.9 Å². The molecule has 1 fully saturated rings. The molecular formula is C16H19Cl2N3O3. The highest BCUT2D eigenvalue weighted by molar-refractivity contribution is 6.42. The van der Waals surface area contributed by atoms with E-state index in [1.165, 1.54) is 11.8 Å². The molecule has 8 heteroatoms. The third-order valence-electron chi connectivity index (χ3n) is 3.96. The lowest BCUT2D eigenvalue weighted by Gasteiger charge is -2.33. The molecule has 1 aromatic carbocycles. The summed E-state index contributed by atoms with van der Waals surface area (Å²) in [5.41, 5.74) is 0.607. The minimum atomic E-state index is -0.174. The molecule has 3 amide bonds. The highest BCUT2D eigenvalue weighted by Crippen LogP contribution is 2.27. The molecule has 1 aromatic rings. The topological polar surface area (TPSA) is 60.9 Å². The molecule has 130 valence electrons. The zero-order valence-electron chi connectivity index (χ0n) is 13.4. The Morgan fingerprint density at radius 3 is 2.38 bits per heavy atom. The minimum absolute atomic E-state index is 0.0353. The quantitative estimate of drug-likeness (QED) is 0.744. The molecule has 0 saturated carbocycles. The van der Waals surface area contributed by atoms with Crippen molar-refractivity contribution in [1.82, 2.24) is 9.80 Å². The number of anilines is 1. The van der Waals surface area contributed by atoms with Gasteiger partial charge in [0.2, 0.25) is 18.2 Å². The van der Waals surface area contributed by atoms with Crippen LogP contribution < -0.4 is 4.90 Å². The fourth-order valence-electron chi connectivity index (χ4n) is 2.56. The van der Waals surface area contributed by atoms with Crippen LogP contribution in [0.1, 0.15) is 13.3 Å². The second-order valence-corrected chi connectivity index (χ2v) is 6.36. The first-order valence-corrected chi connectivity index (χ1v) is 8.38. The van der Waals surface area contributed by atoms with Gasteiger partial charge in [0.05, 0.1) is 10.0 Å². The molecule has 0 unspecified atom stereocenters. The SMILES string of the molecule is CC(=O)N(CCC(=O)N1CCN(C=O)CC1)c1ccc(Cl)c(Cl)c1. The van der Waals surface area contributed by atoms with Crippen LogP contribution in [0.2, 0.25) is 10.0 Å². The van der Waals surface area contributed by atoms with E-state index in [1.807, 2.05) is 0 Å². The second-order valence-electron chi connectivity index (χ2n) is 5.54. The molecule has 24 heavy (non-hydrogen) atoms. The molecule has 0 aromatic heterocycles. The maximum atomic E-state index is 12.3. The molecule has 1 aliphatic rings. The van der Waals surface area contributed by atoms with Gasteiger partial charge in [-0.2, -0.15) is 0 Å². The molecule has 6 nitrogen and oxygen atoms in total. The Hall–Kier alpha value is -1.79. The maximum Gasteiger partial charge on any atom is 0.224 e. The third-order valence-corrected chi connectivity index (χ3v) is 4.70. The van der Waals surface area contributed by atoms with E-state index in [2.05, 4.69) is 0 Å². The van der Waals surface area contributed by atoms with Crippen molar-refractivity contribution in [3.05, 3.63) is 28.2 Å². The van der Waals surface area contributed by atoms with Crippen LogP contribution in [0.5, 0.6) is 0 Å². The van der Waals surface area contributed by atoms with Crippen molar-refractivity contribution in [3.8, 4) is 0 Å². The van der Waals surface area contributed by atoms with Gasteiger partial charge in [-0.25, -0.2) is 0 Å². The Labute approximate surface area is 150 Å². The maximum absolute atomic E-state index is 12.3. The number of carbonyl (C=O) groups is 3. The van der Waals surface area contributed by atoms with Crippen LogP contribution in [0, 0.1) is 0 Å². The van der Waals surface area contributed by atoms with Crippen molar-refractivity contribution < 1.29 is 14.4 Å². The number of nitrogens with zero attached hydrogens (tertiary/aromatic N) is 3. The van der Waals surface area contributed by atoms with Gasteiger partial charge in [-0.05, 0) is 18.2 Å². The van der Waals surface area contributed by atoms with Crippen molar-refractivity contribution in [1.29, 1.82) is 0 Å². The van der Waals surface area contributed by atoms with Crippen molar-refractivity contribution in [2.75, 3.05) is 37.6 Å². The number of carbonyl (C=O) groups excluding carboxylic acids is 3. The van der Waals surface area contributed by atoms with Crippen molar-refractivity contribution in [2.45, 2.75) is 13.3 Å². The van der Waals surface area contributed by atoms with E-state index in [-0.39, 0.29) is 24.8 Å². The molecule has 0 bridgehead atoms. The van der Waals surface area contributed by atoms with Gasteiger partial charge in [-0.1, -0.05) is 23.2 Å². The summed E-state index contributed by atoms with van der Waals surface area (Å²) in [6.07, 6.45) is 1.00. The number of hydrogen-bond acceptors (Lipinski definition) is 3. The van der Waals surface area contributed by atoms with Gasteiger partial charge in [-0.15, -0.1) is 0 Å². The summed E-state index contributed by atoms with van der Waals surface area (Å²) in [5, 5.41) is 0.768. The summed E-state index contributed by atoms with van der Waals surface area (Å²) in [7, 11) is 0. The van der Waals surface area contributed by atoms with Crippen molar-refractivity contribution in [3.63, 3.8) is 0 Å². The number of hydrogen-bond donors (Lipinski definition) is 0. The van der Waals surface area contributed by atoms with E-state index in [1.54, 1.807) is 28.0 Å². The Bertz CT molecular complexity index is 631. The van der Waals surface area contributed by atoms with Crippen LogP contribution in [0.15, 0.2) is 18.2 Å². The predicted octanol–water partition coefficient (Wildman–Crippen LogP) is 2.04. The summed E-state index contributed by atoms with van der Waals surface area (Å²) in [6, 6.07) is 4.93. The lowest BCUT2D eigenvalue weighted by Crippen LogP contribution is -2.48. The Kier molecular flexibility index (Phi) is 6.45. The van der Waals surface area contributed by atoms with Gasteiger partial charge < -0.3 is 14.7 Å². The monoisotopic (exact) mass is 371 g/mol. The molecule has 2 rings (SSSR count). The number of rotatable bonds is 5. The van der Waals surface area contributed by atoms with Crippen LogP contribution in [-0.2, 0) is 14.4 Å². The van der Waals surface area contributed by atoms with Crippen LogP contribution >= 0.6 is 23.2 Å². The molecule has 1 aliphatic heterocycles. The minimum Gasteiger partial charge on any atom is -0.342 e. The Balaban J connectivity index is 1.96. The van der Waals surface area contributed by atoms with Gasteiger partial charge in [0.1, 0.15) is 0 Å². The second kappa shape index (κ2) is 8.35. The molecular weight excluding hydrogens is 353 g/mol. The first kappa shape index (κ1) is 18.5. The van der Waals surface area contributed by atoms with Crippen molar-refractivity contribution in [2.24, 2.45) is 0 Å². The zero-order chi connectivity index (χ0) is 17.7. The van der Waals surface area contributed by atoms with Crippen molar-refractivity contribution >= 4 is 47.1 Å². The first-order valence-electron chi connectivity index (χ1n) is 7.62. The largest absolute Gasteiger partial charge is 0.342 e. The van der Waals surface area contributed by atoms with Gasteiger partial charge in [0, 0.05) is 51.8 Å². The molecule has 0 atom stereocenters. The number of benzene rings is 1. The number of halogens is 2. The summed E-state index contributed by atoms with van der Waals surface area (Å²) in [6.45, 7) is 3.82. The van der Waals surface area contributed by atoms with E-state index >= 15 is 0 Å². The molecule has 0 N–H and O–H groups in total. The number of amides is 3. The third kappa shape index (κ3) is 4.61. The van der Waals surface area contributed by atoms with Gasteiger partial charge in [-0.3, -0.25) is 14.4 Å². The highest BCUT2D eigenvalue weighted by atomic mass is 35.5. The molecule has 0 aliphatic carbocycles. The van der Waals surface area contributed by atoms with E-state index in [9.17, 15) is 14.4 Å². The van der Waals surface area contributed by atoms with Gasteiger partial charge in [0.15, 0.2) is 0 Å². The molecule has 1 heterocycles. The Morgan fingerprint density at radius 2 is 1.83 bits per heavy atom. The lowest BCUT2D eigenvalue weighted by atomic mass is 10.2. The van der Waals surface area contributed by atoms with E-state index in [4.69, 9.17) is 23.2 Å². The summed E-state index contributed by atoms with van der Waals surface area (Å²) in [4.78, 5) is 39.7. The number of piperazine rings is 1. The Morgan fingerprint density at radius 1 is 1.17 bits per heavy atom. The van der Waals surface area contributed by atoms with Crippen LogP contribution in [0.4, 0.5) is 5.69 Å². The van der Waals surface area contributed by atoms with E-state index in [0.717, 1.165) is 6.41 Å². The smallest absolute Gasteiger partial charge is 0.224 e. The summed E-state index contributed by atoms with van der Waals surface area (Å²) < 4.78 is 0. The van der Waals surface area contributed by atoms with Crippen LogP contribution in [0.25, 0.3) is 0 Å². The summed E-state index contributed by atoms with van der Waals surface area (Å²) in [5.74, 6) is -0.209. The fourth-order valence-corrected chi connectivity index (χ4v) is 2.86. The van der Waals surface area contributed by atoms with Crippen LogP contribution in [0.3, 0.4) is 0 Å². The standard InChI is InChI=1S/C16H19Cl2N3O3/c1-12(23)21(13-2-3-14(17)15(18)10-13)5-4-16(24)20-8-6-19(11-22)7-9-20/h2-3,10-11H,4-9H2,1H3. The first-order chi connectivity index (χ1) is 11.4. The molecule has 0 spiro atoms. The molecule has 1 saturated heterocycles. The average molecular weight is 372 g/mol. The van der Waals surface area contributed by atoms with Gasteiger partial charge in [0.25, 0.3) is 0 Å². The lowest BCUT2D eigenvalue weighted by molar-refractivity contribution is -0.135. The summed E-state index contributed by atoms with van der Waals surface area (Å²) >= 11 is 11.9. The van der Waals surface area contributed by atoms with Crippen LogP contribution in [-0.4, -0.2) is 60.7 Å². The predicted molar refractivity (Wildman–Crippen MR) is 93.3 cm³/mol. The fraction of sp³-hybridized carbons (Fsp3) is 0.438. The van der Waals surface area contributed by atoms with E-state index < -0.39 is 0 Å². The zero-order valence-corrected chi connectivity index (χ0v) is 14.9. The molecule has 0 radical (unpaired) electrons. The van der Waals surface area contributed by atoms with Gasteiger partial charge >= 0.3 is 0 Å². The highest BCUT2D eigenvalue weighted by Gasteiger charge is 2.21. The average Bonchev–Trinajstić information content (AvgIpc) is 2.57.